The Labute approximate surface area is 219 Å². The van der Waals surface area contributed by atoms with Crippen LogP contribution < -0.4 is 0 Å². The molecule has 0 aliphatic rings. The number of nitrogens with zero attached hydrogens (tertiary/aromatic N) is 3. The van der Waals surface area contributed by atoms with Gasteiger partial charge < -0.3 is 9.13 Å². The van der Waals surface area contributed by atoms with Crippen LogP contribution in [0.1, 0.15) is 0 Å². The quantitative estimate of drug-likeness (QED) is 0.245. The summed E-state index contributed by atoms with van der Waals surface area (Å²) in [6.45, 7) is 0. The molecule has 0 N–H and O–H groups in total. The number of fused-ring (bicyclic) bond motifs is 7. The van der Waals surface area contributed by atoms with Crippen molar-refractivity contribution >= 4 is 43.6 Å². The van der Waals surface area contributed by atoms with Crippen LogP contribution in [0.4, 0.5) is 0 Å². The van der Waals surface area contributed by atoms with Gasteiger partial charge in [-0.2, -0.15) is 0 Å². The predicted octanol–water partition coefficient (Wildman–Crippen LogP) is 8.94. The Hall–Kier alpha value is -5.15. The lowest BCUT2D eigenvalue weighted by Crippen LogP contribution is -1.99. The number of aromatic nitrogens is 3. The smallest absolute Gasteiger partial charge is 0.0942 e. The van der Waals surface area contributed by atoms with E-state index in [-0.39, 0.29) is 0 Å². The zero-order valence-electron chi connectivity index (χ0n) is 20.6. The van der Waals surface area contributed by atoms with E-state index in [1.54, 1.807) is 0 Å². The summed E-state index contributed by atoms with van der Waals surface area (Å²) in [7, 11) is 0. The lowest BCUT2D eigenvalue weighted by Gasteiger charge is -2.13. The molecule has 3 aromatic heterocycles. The largest absolute Gasteiger partial charge is 0.309 e. The number of hydrogen-bond donors (Lipinski definition) is 0. The Bertz CT molecular complexity index is 2120. The second kappa shape index (κ2) is 8.19. The van der Waals surface area contributed by atoms with Gasteiger partial charge in [-0.3, -0.25) is 4.98 Å². The van der Waals surface area contributed by atoms with Crippen molar-refractivity contribution in [3.63, 3.8) is 0 Å². The minimum atomic E-state index is 0.972. The van der Waals surface area contributed by atoms with Crippen LogP contribution in [0, 0.1) is 0 Å². The van der Waals surface area contributed by atoms with Crippen LogP contribution in [0.15, 0.2) is 140 Å². The van der Waals surface area contributed by atoms with E-state index in [0.717, 1.165) is 22.6 Å². The third-order valence-corrected chi connectivity index (χ3v) is 7.56. The molecule has 0 bridgehead atoms. The fourth-order valence-electron chi connectivity index (χ4n) is 6.01. The Morgan fingerprint density at radius 3 is 1.89 bits per heavy atom. The molecule has 0 aliphatic carbocycles. The fourth-order valence-corrected chi connectivity index (χ4v) is 6.01. The van der Waals surface area contributed by atoms with Crippen molar-refractivity contribution in [3.8, 4) is 22.6 Å². The van der Waals surface area contributed by atoms with Gasteiger partial charge in [0.05, 0.1) is 33.4 Å². The molecule has 3 nitrogen and oxygen atoms in total. The monoisotopic (exact) mass is 485 g/mol. The molecule has 38 heavy (non-hydrogen) atoms. The highest BCUT2D eigenvalue weighted by molar-refractivity contribution is 6.26. The SMILES string of the molecule is c1ccc(-c2ncccc2-n2c3ccccc3c3c2ccc2c4ccccc4n(-c4ccccc4)c23)cc1. The first-order valence-electron chi connectivity index (χ1n) is 12.9. The highest BCUT2D eigenvalue weighted by atomic mass is 15.0. The van der Waals surface area contributed by atoms with Gasteiger partial charge in [-0.15, -0.1) is 0 Å². The normalized spacial score (nSPS) is 11.7. The highest BCUT2D eigenvalue weighted by Gasteiger charge is 2.21. The van der Waals surface area contributed by atoms with Gasteiger partial charge >= 0.3 is 0 Å². The maximum atomic E-state index is 4.85. The van der Waals surface area contributed by atoms with Crippen LogP contribution in [0.5, 0.6) is 0 Å². The van der Waals surface area contributed by atoms with Gasteiger partial charge in [0, 0.05) is 39.0 Å². The average molecular weight is 486 g/mol. The highest BCUT2D eigenvalue weighted by Crippen LogP contribution is 2.42. The van der Waals surface area contributed by atoms with Gasteiger partial charge in [0.2, 0.25) is 0 Å². The maximum absolute atomic E-state index is 4.85. The zero-order chi connectivity index (χ0) is 25.1. The Morgan fingerprint density at radius 1 is 0.447 bits per heavy atom. The zero-order valence-corrected chi connectivity index (χ0v) is 20.6. The molecular formula is C35H23N3. The number of pyridine rings is 1. The van der Waals surface area contributed by atoms with E-state index in [4.69, 9.17) is 4.98 Å². The van der Waals surface area contributed by atoms with E-state index >= 15 is 0 Å². The fraction of sp³-hybridized carbons (Fsp3) is 0. The van der Waals surface area contributed by atoms with Crippen LogP contribution in [0.3, 0.4) is 0 Å². The van der Waals surface area contributed by atoms with Crippen molar-refractivity contribution in [2.75, 3.05) is 0 Å². The summed E-state index contributed by atoms with van der Waals surface area (Å²) in [5.41, 5.74) is 9.10. The summed E-state index contributed by atoms with van der Waals surface area (Å²) in [4.78, 5) is 4.85. The molecule has 8 aromatic rings. The van der Waals surface area contributed by atoms with Gasteiger partial charge in [-0.25, -0.2) is 0 Å². The molecule has 0 saturated heterocycles. The van der Waals surface area contributed by atoms with Gasteiger partial charge in [-0.05, 0) is 42.5 Å². The van der Waals surface area contributed by atoms with Crippen LogP contribution in [0.25, 0.3) is 66.2 Å². The van der Waals surface area contributed by atoms with E-state index in [1.165, 1.54) is 43.6 Å². The molecule has 5 aromatic carbocycles. The standard InChI is InChI=1S/C35H23N3/c1-3-12-24(13-4-1)34-32(20-11-23-36-34)38-30-19-10-8-17-28(30)33-31(38)22-21-27-26-16-7-9-18-29(26)37(35(27)33)25-14-5-2-6-15-25/h1-23H. The minimum Gasteiger partial charge on any atom is -0.309 e. The maximum Gasteiger partial charge on any atom is 0.0942 e. The van der Waals surface area contributed by atoms with Crippen molar-refractivity contribution in [2.45, 2.75) is 0 Å². The molecule has 0 saturated carbocycles. The third-order valence-electron chi connectivity index (χ3n) is 7.56. The van der Waals surface area contributed by atoms with E-state index in [1.807, 2.05) is 18.3 Å². The summed E-state index contributed by atoms with van der Waals surface area (Å²) < 4.78 is 4.80. The van der Waals surface area contributed by atoms with Crippen LogP contribution in [-0.2, 0) is 0 Å². The first-order chi connectivity index (χ1) is 18.9. The molecule has 8 rings (SSSR count). The van der Waals surface area contributed by atoms with Crippen LogP contribution in [-0.4, -0.2) is 14.1 Å². The minimum absolute atomic E-state index is 0.972. The summed E-state index contributed by atoms with van der Waals surface area (Å²) in [6, 6.07) is 47.4. The number of hydrogen-bond acceptors (Lipinski definition) is 1. The molecule has 178 valence electrons. The molecule has 0 spiro atoms. The third kappa shape index (κ3) is 2.93. The molecule has 0 radical (unpaired) electrons. The molecule has 0 aliphatic heterocycles. The van der Waals surface area contributed by atoms with Gasteiger partial charge in [0.15, 0.2) is 0 Å². The first-order valence-corrected chi connectivity index (χ1v) is 12.9. The Balaban J connectivity index is 1.58. The first kappa shape index (κ1) is 21.0. The number of benzene rings is 5. The van der Waals surface area contributed by atoms with Crippen molar-refractivity contribution in [1.29, 1.82) is 0 Å². The Morgan fingerprint density at radius 2 is 1.11 bits per heavy atom. The lowest BCUT2D eigenvalue weighted by atomic mass is 10.1. The topological polar surface area (TPSA) is 22.8 Å². The second-order valence-electron chi connectivity index (χ2n) is 9.63. The van der Waals surface area contributed by atoms with Crippen molar-refractivity contribution in [2.24, 2.45) is 0 Å². The van der Waals surface area contributed by atoms with Gasteiger partial charge in [0.25, 0.3) is 0 Å². The second-order valence-corrected chi connectivity index (χ2v) is 9.63. The van der Waals surface area contributed by atoms with E-state index in [0.29, 0.717) is 0 Å². The number of rotatable bonds is 3. The molecule has 0 unspecified atom stereocenters. The average Bonchev–Trinajstić information content (AvgIpc) is 3.51. The van der Waals surface area contributed by atoms with E-state index in [9.17, 15) is 0 Å². The van der Waals surface area contributed by atoms with Crippen LogP contribution in [0.2, 0.25) is 0 Å². The Kier molecular flexibility index (Phi) is 4.52. The number of para-hydroxylation sites is 3. The van der Waals surface area contributed by atoms with E-state index in [2.05, 4.69) is 130 Å². The summed E-state index contributed by atoms with van der Waals surface area (Å²) in [5.74, 6) is 0. The molecule has 0 atom stereocenters. The molecule has 3 heterocycles. The van der Waals surface area contributed by atoms with Crippen molar-refractivity contribution in [3.05, 3.63) is 140 Å². The van der Waals surface area contributed by atoms with E-state index < -0.39 is 0 Å². The summed E-state index contributed by atoms with van der Waals surface area (Å²) >= 11 is 0. The van der Waals surface area contributed by atoms with Gasteiger partial charge in [0.1, 0.15) is 0 Å². The molecule has 3 heteroatoms. The molecular weight excluding hydrogens is 462 g/mol. The molecule has 0 amide bonds. The van der Waals surface area contributed by atoms with Crippen molar-refractivity contribution in [1.82, 2.24) is 14.1 Å². The lowest BCUT2D eigenvalue weighted by molar-refractivity contribution is 1.14. The molecule has 0 fully saturated rings. The van der Waals surface area contributed by atoms with Crippen molar-refractivity contribution < 1.29 is 0 Å². The summed E-state index contributed by atoms with van der Waals surface area (Å²) in [5, 5.41) is 5.00. The van der Waals surface area contributed by atoms with Crippen LogP contribution >= 0.6 is 0 Å². The predicted molar refractivity (Wildman–Crippen MR) is 158 cm³/mol. The van der Waals surface area contributed by atoms with Gasteiger partial charge in [-0.1, -0.05) is 91.0 Å². The summed E-state index contributed by atoms with van der Waals surface area (Å²) in [6.07, 6.45) is 1.88.